The molecule has 44 heavy (non-hydrogen) atoms. The lowest BCUT2D eigenvalue weighted by Gasteiger charge is -2.22. The predicted molar refractivity (Wildman–Crippen MR) is 170 cm³/mol. The van der Waals surface area contributed by atoms with Gasteiger partial charge in [0.2, 0.25) is 0 Å². The summed E-state index contributed by atoms with van der Waals surface area (Å²) >= 11 is 4.74. The number of nitrogens with zero attached hydrogens (tertiary/aromatic N) is 5. The van der Waals surface area contributed by atoms with Crippen LogP contribution in [0.1, 0.15) is 39.8 Å². The molecule has 0 fully saturated rings. The summed E-state index contributed by atoms with van der Waals surface area (Å²) < 4.78 is 18.6. The summed E-state index contributed by atoms with van der Waals surface area (Å²) in [7, 11) is 6.46. The average Bonchev–Trinajstić information content (AvgIpc) is 3.66. The summed E-state index contributed by atoms with van der Waals surface area (Å²) in [6.45, 7) is 0.142. The molecule has 0 saturated carbocycles. The molecule has 1 aromatic heterocycles. The zero-order chi connectivity index (χ0) is 31.2. The van der Waals surface area contributed by atoms with Gasteiger partial charge in [-0.05, 0) is 47.5 Å². The summed E-state index contributed by atoms with van der Waals surface area (Å²) in [5.41, 5.74) is 3.15. The molecule has 4 aromatic rings. The minimum atomic E-state index is -0.312. The van der Waals surface area contributed by atoms with Crippen molar-refractivity contribution in [3.63, 3.8) is 0 Å². The first-order valence-electron chi connectivity index (χ1n) is 13.6. The fourth-order valence-electron chi connectivity index (χ4n) is 4.66. The van der Waals surface area contributed by atoms with Crippen molar-refractivity contribution in [3.05, 3.63) is 93.7 Å². The van der Waals surface area contributed by atoms with Gasteiger partial charge in [0, 0.05) is 29.6 Å². The molecule has 0 spiro atoms. The molecule has 11 nitrogen and oxygen atoms in total. The fourth-order valence-corrected chi connectivity index (χ4v) is 5.71. The summed E-state index contributed by atoms with van der Waals surface area (Å²) in [6, 6.07) is 20.3. The van der Waals surface area contributed by atoms with Crippen molar-refractivity contribution in [2.24, 2.45) is 12.1 Å². The first-order chi connectivity index (χ1) is 21.3. The largest absolute Gasteiger partial charge is 0.497 e. The molecule has 2 amide bonds. The molecule has 1 aliphatic heterocycles. The van der Waals surface area contributed by atoms with Crippen molar-refractivity contribution in [1.82, 2.24) is 25.1 Å². The molecule has 0 bridgehead atoms. The molecule has 1 N–H and O–H groups in total. The summed E-state index contributed by atoms with van der Waals surface area (Å²) in [5, 5.41) is 18.2. The first kappa shape index (κ1) is 31.1. The Bertz CT molecular complexity index is 1650. The molecule has 0 unspecified atom stereocenters. The molecular formula is C31H31BrN6O5S. The molecule has 0 saturated heterocycles. The summed E-state index contributed by atoms with van der Waals surface area (Å²) in [4.78, 5) is 26.4. The second-order valence-electron chi connectivity index (χ2n) is 9.82. The van der Waals surface area contributed by atoms with Crippen molar-refractivity contribution in [2.45, 2.75) is 24.2 Å². The van der Waals surface area contributed by atoms with E-state index in [0.29, 0.717) is 34.5 Å². The summed E-state index contributed by atoms with van der Waals surface area (Å²) in [6.07, 6.45) is 0.581. The van der Waals surface area contributed by atoms with Gasteiger partial charge in [-0.3, -0.25) is 9.59 Å². The Labute approximate surface area is 267 Å². The molecule has 1 atom stereocenters. The van der Waals surface area contributed by atoms with E-state index in [1.54, 1.807) is 41.9 Å². The zero-order valence-electron chi connectivity index (χ0n) is 24.6. The van der Waals surface area contributed by atoms with E-state index in [1.807, 2.05) is 48.5 Å². The number of hydrazone groups is 1. The van der Waals surface area contributed by atoms with E-state index in [-0.39, 0.29) is 30.2 Å². The van der Waals surface area contributed by atoms with Crippen LogP contribution in [0.4, 0.5) is 0 Å². The summed E-state index contributed by atoms with van der Waals surface area (Å²) in [5.74, 6) is 1.93. The van der Waals surface area contributed by atoms with Crippen LogP contribution in [0.5, 0.6) is 17.2 Å². The smallest absolute Gasteiger partial charge is 0.253 e. The van der Waals surface area contributed by atoms with Crippen LogP contribution in [-0.4, -0.2) is 64.4 Å². The Morgan fingerprint density at radius 3 is 2.23 bits per heavy atom. The number of aromatic nitrogens is 3. The van der Waals surface area contributed by atoms with Gasteiger partial charge in [-0.2, -0.15) is 5.10 Å². The number of amides is 2. The molecule has 5 rings (SSSR count). The highest BCUT2D eigenvalue weighted by Crippen LogP contribution is 2.34. The van der Waals surface area contributed by atoms with E-state index in [9.17, 15) is 9.59 Å². The van der Waals surface area contributed by atoms with E-state index < -0.39 is 0 Å². The van der Waals surface area contributed by atoms with Gasteiger partial charge in [-0.15, -0.1) is 10.2 Å². The fraction of sp³-hybridized carbons (Fsp3) is 0.258. The van der Waals surface area contributed by atoms with Crippen LogP contribution in [0.3, 0.4) is 0 Å². The lowest BCUT2D eigenvalue weighted by Crippen LogP contribution is -2.28. The molecule has 228 valence electrons. The number of methoxy groups -OCH3 is 3. The van der Waals surface area contributed by atoms with E-state index in [2.05, 4.69) is 31.4 Å². The van der Waals surface area contributed by atoms with Crippen molar-refractivity contribution >= 4 is 45.2 Å². The average molecular weight is 680 g/mol. The van der Waals surface area contributed by atoms with E-state index in [1.165, 1.54) is 26.0 Å². The highest BCUT2D eigenvalue weighted by Gasteiger charge is 2.33. The lowest BCUT2D eigenvalue weighted by molar-refractivity contribution is -0.130. The molecule has 0 radical (unpaired) electrons. The molecule has 0 aliphatic carbocycles. The molecule has 2 heterocycles. The van der Waals surface area contributed by atoms with Crippen molar-refractivity contribution in [3.8, 4) is 17.2 Å². The van der Waals surface area contributed by atoms with Gasteiger partial charge in [0.1, 0.15) is 17.2 Å². The third-order valence-corrected chi connectivity index (χ3v) is 8.65. The van der Waals surface area contributed by atoms with Crippen molar-refractivity contribution < 1.29 is 23.8 Å². The number of thioether (sulfide) groups is 1. The monoisotopic (exact) mass is 678 g/mol. The van der Waals surface area contributed by atoms with E-state index in [4.69, 9.17) is 19.3 Å². The number of halogens is 1. The number of carbonyl (C=O) groups excluding carboxylic acids is 2. The number of carbonyl (C=O) groups is 2. The molecule has 1 aliphatic rings. The van der Waals surface area contributed by atoms with Crippen LogP contribution in [0.2, 0.25) is 0 Å². The Morgan fingerprint density at radius 2 is 1.59 bits per heavy atom. The second-order valence-corrected chi connectivity index (χ2v) is 11.7. The van der Waals surface area contributed by atoms with E-state index >= 15 is 0 Å². The minimum absolute atomic E-state index is 0.103. The Morgan fingerprint density at radius 1 is 0.932 bits per heavy atom. The van der Waals surface area contributed by atoms with Gasteiger partial charge >= 0.3 is 0 Å². The second kappa shape index (κ2) is 14.0. The van der Waals surface area contributed by atoms with Crippen LogP contribution in [-0.2, 0) is 18.4 Å². The van der Waals surface area contributed by atoms with Crippen molar-refractivity contribution in [1.29, 1.82) is 0 Å². The molecule has 3 aromatic carbocycles. The Hall–Kier alpha value is -4.36. The zero-order valence-corrected chi connectivity index (χ0v) is 27.0. The predicted octanol–water partition coefficient (Wildman–Crippen LogP) is 5.00. The number of nitrogens with one attached hydrogen (secondary N) is 1. The normalized spacial score (nSPS) is 14.2. The maximum absolute atomic E-state index is 13.6. The van der Waals surface area contributed by atoms with Crippen LogP contribution < -0.4 is 19.5 Å². The van der Waals surface area contributed by atoms with Gasteiger partial charge in [0.25, 0.3) is 11.8 Å². The number of ether oxygens (including phenoxy) is 3. The van der Waals surface area contributed by atoms with Crippen LogP contribution in [0.25, 0.3) is 0 Å². The van der Waals surface area contributed by atoms with Gasteiger partial charge in [0.15, 0.2) is 11.0 Å². The van der Waals surface area contributed by atoms with Gasteiger partial charge in [-0.25, -0.2) is 5.01 Å². The third kappa shape index (κ3) is 7.05. The number of hydrogen-bond acceptors (Lipinski definition) is 9. The lowest BCUT2D eigenvalue weighted by atomic mass is 9.98. The van der Waals surface area contributed by atoms with Crippen LogP contribution in [0, 0.1) is 0 Å². The Kier molecular flexibility index (Phi) is 9.85. The molecular weight excluding hydrogens is 648 g/mol. The number of hydrogen-bond donors (Lipinski definition) is 1. The van der Waals surface area contributed by atoms with Gasteiger partial charge in [0.05, 0.1) is 45.4 Å². The topological polar surface area (TPSA) is 120 Å². The Balaban J connectivity index is 1.26. The highest BCUT2D eigenvalue weighted by molar-refractivity contribution is 9.10. The minimum Gasteiger partial charge on any atom is -0.497 e. The number of benzene rings is 3. The van der Waals surface area contributed by atoms with E-state index in [0.717, 1.165) is 27.1 Å². The maximum atomic E-state index is 13.6. The highest BCUT2D eigenvalue weighted by atomic mass is 79.9. The SMILES string of the molecule is COc1ccc([C@H]2CC(c3ccc(Br)cc3)=NN2C(=O)CSc2nnc(CNC(=O)c3cc(OC)cc(OC)c3)n2C)cc1. The standard InChI is InChI=1S/C31H31BrN6O5S/c1-37-28(17-33-30(40)21-13-24(42-3)15-25(14-21)43-4)34-35-31(37)44-18-29(39)38-27(20-7-11-23(41-2)12-8-20)16-26(36-38)19-5-9-22(32)10-6-19/h5-15,27H,16-18H2,1-4H3,(H,33,40)/t27-/m1/s1. The maximum Gasteiger partial charge on any atom is 0.253 e. The third-order valence-electron chi connectivity index (χ3n) is 7.11. The quantitative estimate of drug-likeness (QED) is 0.220. The molecule has 13 heteroatoms. The van der Waals surface area contributed by atoms with Crippen LogP contribution in [0.15, 0.2) is 81.5 Å². The first-order valence-corrected chi connectivity index (χ1v) is 15.4. The van der Waals surface area contributed by atoms with Gasteiger partial charge in [-0.1, -0.05) is 52.0 Å². The number of rotatable bonds is 11. The van der Waals surface area contributed by atoms with Crippen molar-refractivity contribution in [2.75, 3.05) is 27.1 Å². The van der Waals surface area contributed by atoms with Gasteiger partial charge < -0.3 is 24.1 Å². The van der Waals surface area contributed by atoms with Crippen LogP contribution >= 0.6 is 27.7 Å².